The number of imidazole rings is 1. The van der Waals surface area contributed by atoms with Crippen LogP contribution in [0.25, 0.3) is 11.0 Å². The van der Waals surface area contributed by atoms with E-state index in [9.17, 15) is 0 Å². The summed E-state index contributed by atoms with van der Waals surface area (Å²) in [4.78, 5) is 4.72. The molecule has 110 valence electrons. The van der Waals surface area contributed by atoms with Crippen molar-refractivity contribution in [3.8, 4) is 0 Å². The highest BCUT2D eigenvalue weighted by Crippen LogP contribution is 2.27. The van der Waals surface area contributed by atoms with Crippen molar-refractivity contribution >= 4 is 11.0 Å². The first kappa shape index (κ1) is 15.0. The third kappa shape index (κ3) is 2.88. The molecule has 1 heterocycles. The molecule has 2 rings (SSSR count). The van der Waals surface area contributed by atoms with E-state index in [1.54, 1.807) is 0 Å². The van der Waals surface area contributed by atoms with E-state index in [1.807, 2.05) is 0 Å². The number of fused-ring (bicyclic) bond motifs is 1. The van der Waals surface area contributed by atoms with Crippen LogP contribution in [0.4, 0.5) is 0 Å². The van der Waals surface area contributed by atoms with Crippen molar-refractivity contribution in [2.75, 3.05) is 6.54 Å². The molecule has 2 atom stereocenters. The molecule has 0 saturated carbocycles. The number of rotatable bonds is 7. The maximum Gasteiger partial charge on any atom is 0.107 e. The fraction of sp³-hybridized carbons (Fsp3) is 0.588. The van der Waals surface area contributed by atoms with Crippen LogP contribution in [0.1, 0.15) is 51.9 Å². The molecule has 0 saturated heterocycles. The first-order chi connectivity index (χ1) is 9.72. The summed E-state index contributed by atoms with van der Waals surface area (Å²) in [5.41, 5.74) is 2.37. The van der Waals surface area contributed by atoms with Crippen LogP contribution >= 0.6 is 0 Å². The van der Waals surface area contributed by atoms with E-state index in [2.05, 4.69) is 61.8 Å². The first-order valence-electron chi connectivity index (χ1n) is 7.89. The van der Waals surface area contributed by atoms with Crippen LogP contribution in [0.5, 0.6) is 0 Å². The number of nitrogens with one attached hydrogen (secondary N) is 1. The highest BCUT2D eigenvalue weighted by Gasteiger charge is 2.23. The number of hydrogen-bond acceptors (Lipinski definition) is 2. The van der Waals surface area contributed by atoms with Gasteiger partial charge in [0.1, 0.15) is 5.82 Å². The van der Waals surface area contributed by atoms with Gasteiger partial charge >= 0.3 is 0 Å². The highest BCUT2D eigenvalue weighted by molar-refractivity contribution is 5.76. The van der Waals surface area contributed by atoms with Gasteiger partial charge < -0.3 is 9.88 Å². The molecule has 0 spiro atoms. The standard InChI is InChI=1S/C17H27N3/c1-5-10-14(18-7-3)16(6-2)20-13(4)19-15-11-8-9-12-17(15)20/h8-9,11-12,14,16,18H,5-7,10H2,1-4H3. The quantitative estimate of drug-likeness (QED) is 0.824. The van der Waals surface area contributed by atoms with Crippen LogP contribution in [0.2, 0.25) is 0 Å². The van der Waals surface area contributed by atoms with E-state index >= 15 is 0 Å². The second kappa shape index (κ2) is 6.89. The van der Waals surface area contributed by atoms with Gasteiger partial charge in [0, 0.05) is 6.04 Å². The second-order valence-electron chi connectivity index (χ2n) is 5.45. The van der Waals surface area contributed by atoms with Crippen molar-refractivity contribution in [1.82, 2.24) is 14.9 Å². The lowest BCUT2D eigenvalue weighted by atomic mass is 10.00. The molecule has 0 bridgehead atoms. The summed E-state index contributed by atoms with van der Waals surface area (Å²) < 4.78 is 2.43. The van der Waals surface area contributed by atoms with Crippen molar-refractivity contribution in [3.63, 3.8) is 0 Å². The minimum atomic E-state index is 0.474. The summed E-state index contributed by atoms with van der Waals surface area (Å²) in [7, 11) is 0. The molecule has 3 nitrogen and oxygen atoms in total. The van der Waals surface area contributed by atoms with E-state index in [-0.39, 0.29) is 0 Å². The molecule has 1 aromatic heterocycles. The number of benzene rings is 1. The SMILES string of the molecule is CCCC(NCC)C(CC)n1c(C)nc2ccccc21. The smallest absolute Gasteiger partial charge is 0.107 e. The lowest BCUT2D eigenvalue weighted by Gasteiger charge is -2.29. The average molecular weight is 273 g/mol. The molecule has 2 unspecified atom stereocenters. The molecule has 0 amide bonds. The van der Waals surface area contributed by atoms with Gasteiger partial charge in [0.15, 0.2) is 0 Å². The van der Waals surface area contributed by atoms with Gasteiger partial charge in [0.05, 0.1) is 17.1 Å². The third-order valence-corrected chi connectivity index (χ3v) is 4.05. The fourth-order valence-electron chi connectivity index (χ4n) is 3.23. The molecule has 0 radical (unpaired) electrons. The topological polar surface area (TPSA) is 29.9 Å². The third-order valence-electron chi connectivity index (χ3n) is 4.05. The van der Waals surface area contributed by atoms with E-state index in [1.165, 1.54) is 18.4 Å². The van der Waals surface area contributed by atoms with Crippen molar-refractivity contribution in [1.29, 1.82) is 0 Å². The van der Waals surface area contributed by atoms with Gasteiger partial charge in [-0.15, -0.1) is 0 Å². The molecule has 1 aromatic carbocycles. The normalized spacial score (nSPS) is 14.6. The summed E-state index contributed by atoms with van der Waals surface area (Å²) in [5, 5.41) is 3.67. The van der Waals surface area contributed by atoms with Crippen LogP contribution in [0.15, 0.2) is 24.3 Å². The summed E-state index contributed by atoms with van der Waals surface area (Å²) >= 11 is 0. The van der Waals surface area contributed by atoms with Gasteiger partial charge in [-0.2, -0.15) is 0 Å². The number of hydrogen-bond donors (Lipinski definition) is 1. The fourth-order valence-corrected chi connectivity index (χ4v) is 3.23. The Balaban J connectivity index is 2.44. The van der Waals surface area contributed by atoms with E-state index in [0.717, 1.165) is 24.3 Å². The Bertz CT molecular complexity index is 538. The van der Waals surface area contributed by atoms with Crippen LogP contribution in [0.3, 0.4) is 0 Å². The molecule has 0 aliphatic carbocycles. The summed E-state index contributed by atoms with van der Waals surface area (Å²) in [6.45, 7) is 9.87. The highest BCUT2D eigenvalue weighted by atomic mass is 15.1. The Labute approximate surface area is 122 Å². The Hall–Kier alpha value is -1.35. The van der Waals surface area contributed by atoms with Gasteiger partial charge in [-0.05, 0) is 38.4 Å². The Morgan fingerprint density at radius 3 is 2.60 bits per heavy atom. The monoisotopic (exact) mass is 273 g/mol. The maximum absolute atomic E-state index is 4.72. The Morgan fingerprint density at radius 2 is 1.95 bits per heavy atom. The predicted molar refractivity (Wildman–Crippen MR) is 86.2 cm³/mol. The number of nitrogens with zero attached hydrogens (tertiary/aromatic N) is 2. The largest absolute Gasteiger partial charge is 0.324 e. The maximum atomic E-state index is 4.72. The minimum absolute atomic E-state index is 0.474. The molecule has 0 fully saturated rings. The lowest BCUT2D eigenvalue weighted by Crippen LogP contribution is -2.37. The van der Waals surface area contributed by atoms with Crippen molar-refractivity contribution in [2.45, 2.75) is 59.0 Å². The van der Waals surface area contributed by atoms with E-state index in [4.69, 9.17) is 4.98 Å². The molecular formula is C17H27N3. The number of likely N-dealkylation sites (N-methyl/N-ethyl adjacent to an activating group) is 1. The summed E-state index contributed by atoms with van der Waals surface area (Å²) in [6, 6.07) is 9.46. The molecule has 0 aliphatic heterocycles. The summed E-state index contributed by atoms with van der Waals surface area (Å²) in [6.07, 6.45) is 3.54. The number of aromatic nitrogens is 2. The van der Waals surface area contributed by atoms with E-state index < -0.39 is 0 Å². The molecule has 20 heavy (non-hydrogen) atoms. The van der Waals surface area contributed by atoms with Crippen molar-refractivity contribution < 1.29 is 0 Å². The molecule has 3 heteroatoms. The summed E-state index contributed by atoms with van der Waals surface area (Å²) in [5.74, 6) is 1.12. The predicted octanol–water partition coefficient (Wildman–Crippen LogP) is 4.07. The van der Waals surface area contributed by atoms with Gasteiger partial charge in [-0.3, -0.25) is 0 Å². The molecular weight excluding hydrogens is 246 g/mol. The molecule has 2 aromatic rings. The van der Waals surface area contributed by atoms with Crippen molar-refractivity contribution in [2.24, 2.45) is 0 Å². The van der Waals surface area contributed by atoms with Gasteiger partial charge in [0.25, 0.3) is 0 Å². The van der Waals surface area contributed by atoms with Crippen LogP contribution in [0, 0.1) is 6.92 Å². The zero-order valence-electron chi connectivity index (χ0n) is 13.2. The van der Waals surface area contributed by atoms with Crippen LogP contribution < -0.4 is 5.32 Å². The van der Waals surface area contributed by atoms with E-state index in [0.29, 0.717) is 12.1 Å². The number of aryl methyl sites for hydroxylation is 1. The second-order valence-corrected chi connectivity index (χ2v) is 5.45. The zero-order valence-corrected chi connectivity index (χ0v) is 13.2. The Morgan fingerprint density at radius 1 is 1.20 bits per heavy atom. The lowest BCUT2D eigenvalue weighted by molar-refractivity contribution is 0.327. The van der Waals surface area contributed by atoms with Crippen LogP contribution in [-0.4, -0.2) is 22.1 Å². The first-order valence-corrected chi connectivity index (χ1v) is 7.89. The minimum Gasteiger partial charge on any atom is -0.324 e. The van der Waals surface area contributed by atoms with Crippen LogP contribution in [-0.2, 0) is 0 Å². The number of para-hydroxylation sites is 2. The van der Waals surface area contributed by atoms with Gasteiger partial charge in [-0.1, -0.05) is 39.3 Å². The molecule has 0 aliphatic rings. The zero-order chi connectivity index (χ0) is 14.5. The molecule has 1 N–H and O–H groups in total. The van der Waals surface area contributed by atoms with Gasteiger partial charge in [-0.25, -0.2) is 4.98 Å². The van der Waals surface area contributed by atoms with Gasteiger partial charge in [0.2, 0.25) is 0 Å². The Kier molecular flexibility index (Phi) is 5.18. The average Bonchev–Trinajstić information content (AvgIpc) is 2.77. The van der Waals surface area contributed by atoms with Crippen molar-refractivity contribution in [3.05, 3.63) is 30.1 Å².